The molecule has 0 radical (unpaired) electrons. The van der Waals surface area contributed by atoms with Crippen molar-refractivity contribution in [1.29, 1.82) is 0 Å². The zero-order valence-electron chi connectivity index (χ0n) is 10.4. The fraction of sp³-hybridized carbons (Fsp3) is 0.357. The molecule has 0 aliphatic heterocycles. The summed E-state index contributed by atoms with van der Waals surface area (Å²) in [5, 5.41) is 0. The van der Waals surface area contributed by atoms with Crippen LogP contribution in [0.15, 0.2) is 29.8 Å². The fourth-order valence-corrected chi connectivity index (χ4v) is 2.23. The van der Waals surface area contributed by atoms with Crippen LogP contribution in [-0.2, 0) is 26.5 Å². The molecule has 0 bridgehead atoms. The highest BCUT2D eigenvalue weighted by Gasteiger charge is 2.45. The SMILES string of the molecule is CC(C)OC1(N)C(=O)C(=C=O)Cc2ccccc21. The Morgan fingerprint density at radius 2 is 2.06 bits per heavy atom. The van der Waals surface area contributed by atoms with Gasteiger partial charge >= 0.3 is 0 Å². The third-order valence-electron chi connectivity index (χ3n) is 2.94. The average Bonchev–Trinajstić information content (AvgIpc) is 2.33. The first-order valence-corrected chi connectivity index (χ1v) is 5.83. The minimum Gasteiger partial charge on any atom is -0.346 e. The van der Waals surface area contributed by atoms with Crippen molar-refractivity contribution in [2.45, 2.75) is 32.1 Å². The van der Waals surface area contributed by atoms with Gasteiger partial charge in [0.05, 0.1) is 11.7 Å². The number of fused-ring (bicyclic) bond motifs is 1. The first kappa shape index (κ1) is 12.7. The third-order valence-corrected chi connectivity index (χ3v) is 2.94. The number of carbonyl (C=O) groups is 1. The van der Waals surface area contributed by atoms with Crippen molar-refractivity contribution in [3.63, 3.8) is 0 Å². The van der Waals surface area contributed by atoms with Crippen LogP contribution in [0.3, 0.4) is 0 Å². The van der Waals surface area contributed by atoms with E-state index in [9.17, 15) is 9.59 Å². The van der Waals surface area contributed by atoms with E-state index in [1.54, 1.807) is 31.9 Å². The van der Waals surface area contributed by atoms with E-state index in [2.05, 4.69) is 0 Å². The van der Waals surface area contributed by atoms with Gasteiger partial charge in [-0.2, -0.15) is 0 Å². The lowest BCUT2D eigenvalue weighted by atomic mass is 9.81. The molecule has 18 heavy (non-hydrogen) atoms. The first-order valence-electron chi connectivity index (χ1n) is 5.83. The predicted molar refractivity (Wildman–Crippen MR) is 66.4 cm³/mol. The summed E-state index contributed by atoms with van der Waals surface area (Å²) in [5.74, 6) is 1.18. The van der Waals surface area contributed by atoms with Crippen LogP contribution in [0.2, 0.25) is 0 Å². The van der Waals surface area contributed by atoms with Crippen LogP contribution in [0.1, 0.15) is 25.0 Å². The van der Waals surface area contributed by atoms with Crippen LogP contribution in [0.4, 0.5) is 0 Å². The number of ketones is 1. The van der Waals surface area contributed by atoms with E-state index in [1.807, 2.05) is 12.1 Å². The number of benzene rings is 1. The second-order valence-corrected chi connectivity index (χ2v) is 4.65. The molecule has 2 rings (SSSR count). The molecule has 1 unspecified atom stereocenters. The summed E-state index contributed by atoms with van der Waals surface area (Å²) in [6.07, 6.45) is 0.0387. The van der Waals surface area contributed by atoms with Crippen molar-refractivity contribution < 1.29 is 14.3 Å². The van der Waals surface area contributed by atoms with Crippen molar-refractivity contribution in [1.82, 2.24) is 0 Å². The molecular formula is C14H15NO3. The van der Waals surface area contributed by atoms with Crippen molar-refractivity contribution in [3.8, 4) is 0 Å². The summed E-state index contributed by atoms with van der Waals surface area (Å²) in [5.41, 5.74) is 6.03. The van der Waals surface area contributed by atoms with E-state index >= 15 is 0 Å². The van der Waals surface area contributed by atoms with E-state index in [0.717, 1.165) is 5.56 Å². The molecule has 94 valence electrons. The summed E-state index contributed by atoms with van der Waals surface area (Å²) in [4.78, 5) is 23.1. The van der Waals surface area contributed by atoms with E-state index < -0.39 is 11.5 Å². The molecule has 4 heteroatoms. The Morgan fingerprint density at radius 3 is 2.67 bits per heavy atom. The Labute approximate surface area is 105 Å². The second kappa shape index (κ2) is 4.50. The van der Waals surface area contributed by atoms with E-state index in [-0.39, 0.29) is 18.1 Å². The molecule has 0 amide bonds. The maximum atomic E-state index is 12.2. The lowest BCUT2D eigenvalue weighted by Gasteiger charge is -2.35. The van der Waals surface area contributed by atoms with Crippen LogP contribution in [-0.4, -0.2) is 17.8 Å². The van der Waals surface area contributed by atoms with Gasteiger partial charge in [-0.1, -0.05) is 24.3 Å². The molecule has 0 aromatic heterocycles. The Hall–Kier alpha value is -1.74. The molecule has 2 N–H and O–H groups in total. The zero-order chi connectivity index (χ0) is 13.3. The van der Waals surface area contributed by atoms with Crippen LogP contribution in [0.25, 0.3) is 0 Å². The summed E-state index contributed by atoms with van der Waals surface area (Å²) in [6, 6.07) is 7.24. The predicted octanol–water partition coefficient (Wildman–Crippen LogP) is 1.11. The highest BCUT2D eigenvalue weighted by atomic mass is 16.5. The first-order chi connectivity index (χ1) is 8.49. The highest BCUT2D eigenvalue weighted by Crippen LogP contribution is 2.34. The highest BCUT2D eigenvalue weighted by molar-refractivity contribution is 6.09. The standard InChI is InChI=1S/C14H15NO3/c1-9(2)18-14(15)12-6-4-3-5-10(12)7-11(8-16)13(14)17/h3-6,9H,7,15H2,1-2H3. The van der Waals surface area contributed by atoms with Crippen molar-refractivity contribution >= 4 is 11.7 Å². The minimum atomic E-state index is -1.57. The number of Topliss-reactive ketones (excluding diaryl/α,β-unsaturated/α-hetero) is 1. The maximum absolute atomic E-state index is 12.2. The number of rotatable bonds is 2. The van der Waals surface area contributed by atoms with Gasteiger partial charge < -0.3 is 4.74 Å². The van der Waals surface area contributed by atoms with Crippen LogP contribution >= 0.6 is 0 Å². The van der Waals surface area contributed by atoms with Gasteiger partial charge in [0.25, 0.3) is 0 Å². The van der Waals surface area contributed by atoms with Gasteiger partial charge in [-0.15, -0.1) is 0 Å². The molecule has 1 aromatic carbocycles. The topological polar surface area (TPSA) is 69.4 Å². The van der Waals surface area contributed by atoms with Crippen molar-refractivity contribution in [2.75, 3.05) is 0 Å². The summed E-state index contributed by atoms with van der Waals surface area (Å²) in [7, 11) is 0. The summed E-state index contributed by atoms with van der Waals surface area (Å²) >= 11 is 0. The molecule has 0 heterocycles. The quantitative estimate of drug-likeness (QED) is 0.481. The number of hydrogen-bond donors (Lipinski definition) is 1. The van der Waals surface area contributed by atoms with Gasteiger partial charge in [0, 0.05) is 12.0 Å². The summed E-state index contributed by atoms with van der Waals surface area (Å²) < 4.78 is 5.58. The van der Waals surface area contributed by atoms with Gasteiger partial charge in [-0.3, -0.25) is 10.5 Å². The smallest absolute Gasteiger partial charge is 0.221 e. The van der Waals surface area contributed by atoms with Gasteiger partial charge in [0.1, 0.15) is 5.94 Å². The average molecular weight is 245 g/mol. The molecule has 0 spiro atoms. The Balaban J connectivity index is 2.62. The molecule has 1 aliphatic carbocycles. The van der Waals surface area contributed by atoms with Gasteiger partial charge in [-0.25, -0.2) is 4.79 Å². The van der Waals surface area contributed by atoms with Crippen molar-refractivity contribution in [3.05, 3.63) is 41.0 Å². The van der Waals surface area contributed by atoms with Crippen LogP contribution in [0.5, 0.6) is 0 Å². The molecule has 1 aromatic rings. The molecule has 4 nitrogen and oxygen atoms in total. The van der Waals surface area contributed by atoms with Crippen LogP contribution in [0, 0.1) is 0 Å². The molecule has 0 saturated carbocycles. The van der Waals surface area contributed by atoms with E-state index in [1.165, 1.54) is 0 Å². The minimum absolute atomic E-state index is 0.0388. The molecule has 1 aliphatic rings. The summed E-state index contributed by atoms with van der Waals surface area (Å²) in [6.45, 7) is 3.59. The van der Waals surface area contributed by atoms with Gasteiger partial charge in [-0.05, 0) is 19.4 Å². The molecule has 0 saturated heterocycles. The van der Waals surface area contributed by atoms with E-state index in [4.69, 9.17) is 10.5 Å². The van der Waals surface area contributed by atoms with E-state index in [0.29, 0.717) is 5.56 Å². The lowest BCUT2D eigenvalue weighted by molar-refractivity contribution is -0.149. The Kier molecular flexibility index (Phi) is 3.18. The largest absolute Gasteiger partial charge is 0.346 e. The maximum Gasteiger partial charge on any atom is 0.221 e. The van der Waals surface area contributed by atoms with Crippen LogP contribution < -0.4 is 5.73 Å². The van der Waals surface area contributed by atoms with Crippen molar-refractivity contribution in [2.24, 2.45) is 5.73 Å². The number of nitrogens with two attached hydrogens (primary N) is 1. The molecular weight excluding hydrogens is 230 g/mol. The Morgan fingerprint density at radius 1 is 1.39 bits per heavy atom. The third kappa shape index (κ3) is 1.91. The monoisotopic (exact) mass is 245 g/mol. The Bertz CT molecular complexity index is 544. The lowest BCUT2D eigenvalue weighted by Crippen LogP contribution is -2.52. The number of ether oxygens (including phenoxy) is 1. The molecule has 0 fully saturated rings. The van der Waals surface area contributed by atoms with Gasteiger partial charge in [0.15, 0.2) is 0 Å². The zero-order valence-corrected chi connectivity index (χ0v) is 10.4. The fourth-order valence-electron chi connectivity index (χ4n) is 2.23. The second-order valence-electron chi connectivity index (χ2n) is 4.65. The van der Waals surface area contributed by atoms with Gasteiger partial charge in [0.2, 0.25) is 11.5 Å². The number of hydrogen-bond acceptors (Lipinski definition) is 4. The number of carbonyl (C=O) groups excluding carboxylic acids is 2. The normalized spacial score (nSPS) is 22.9. The molecule has 1 atom stereocenters.